The molecule has 0 aliphatic heterocycles. The second-order valence-corrected chi connectivity index (χ2v) is 4.37. The number of anilines is 2. The number of benzene rings is 2. The number of hydrogen-bond acceptors (Lipinski definition) is 2. The van der Waals surface area contributed by atoms with Gasteiger partial charge in [0.25, 0.3) is 0 Å². The van der Waals surface area contributed by atoms with E-state index in [1.54, 1.807) is 0 Å². The van der Waals surface area contributed by atoms with Gasteiger partial charge in [-0.05, 0) is 18.2 Å². The summed E-state index contributed by atoms with van der Waals surface area (Å²) in [5.41, 5.74) is 4.78. The van der Waals surface area contributed by atoms with E-state index in [0.717, 1.165) is 6.07 Å². The van der Waals surface area contributed by atoms with Crippen molar-refractivity contribution in [3.05, 3.63) is 59.2 Å². The monoisotopic (exact) mass is 300 g/mol. The van der Waals surface area contributed by atoms with Crippen LogP contribution in [0.15, 0.2) is 30.3 Å². The molecule has 2 aromatic rings. The minimum Gasteiger partial charge on any atom is -0.389 e. The van der Waals surface area contributed by atoms with Crippen molar-refractivity contribution in [1.29, 1.82) is 0 Å². The summed E-state index contributed by atoms with van der Waals surface area (Å²) in [5, 5.41) is 2.23. The highest BCUT2D eigenvalue weighted by molar-refractivity contribution is 7.80. The Morgan fingerprint density at radius 2 is 1.55 bits per heavy atom. The first-order chi connectivity index (χ1) is 9.38. The van der Waals surface area contributed by atoms with Crippen LogP contribution in [-0.4, -0.2) is 4.99 Å². The Balaban J connectivity index is 2.38. The first kappa shape index (κ1) is 14.3. The molecule has 0 radical (unpaired) electrons. The summed E-state index contributed by atoms with van der Waals surface area (Å²) in [5.74, 6) is -4.19. The number of rotatable bonds is 3. The average Bonchev–Trinajstić information content (AvgIpc) is 2.34. The van der Waals surface area contributed by atoms with Gasteiger partial charge < -0.3 is 11.1 Å². The number of halogens is 4. The van der Waals surface area contributed by atoms with Gasteiger partial charge >= 0.3 is 0 Å². The third-order valence-electron chi connectivity index (χ3n) is 2.52. The SMILES string of the molecule is NC(=S)c1ccc(Nc2c(F)cc(F)cc2F)c(F)c1. The number of nitrogens with two attached hydrogens (primary N) is 1. The standard InChI is InChI=1S/C13H8F4N2S/c14-7-4-9(16)12(10(17)5-7)19-11-2-1-6(13(18)20)3-8(11)15/h1-5,19H,(H2,18,20). The summed E-state index contributed by atoms with van der Waals surface area (Å²) in [6, 6.07) is 4.64. The molecule has 0 aliphatic carbocycles. The lowest BCUT2D eigenvalue weighted by atomic mass is 10.2. The second-order valence-electron chi connectivity index (χ2n) is 3.93. The first-order valence-corrected chi connectivity index (χ1v) is 5.80. The van der Waals surface area contributed by atoms with Crippen LogP contribution in [0.2, 0.25) is 0 Å². The van der Waals surface area contributed by atoms with Crippen LogP contribution in [0.1, 0.15) is 5.56 Å². The van der Waals surface area contributed by atoms with E-state index in [2.05, 4.69) is 17.5 Å². The Labute approximate surface area is 117 Å². The number of nitrogens with one attached hydrogen (secondary N) is 1. The molecular formula is C13H8F4N2S. The van der Waals surface area contributed by atoms with Gasteiger partial charge in [0, 0.05) is 17.7 Å². The second kappa shape index (κ2) is 5.46. The largest absolute Gasteiger partial charge is 0.389 e. The zero-order valence-corrected chi connectivity index (χ0v) is 10.7. The van der Waals surface area contributed by atoms with Gasteiger partial charge in [-0.2, -0.15) is 0 Å². The fourth-order valence-electron chi connectivity index (χ4n) is 1.57. The molecule has 2 nitrogen and oxygen atoms in total. The Morgan fingerprint density at radius 3 is 2.05 bits per heavy atom. The van der Waals surface area contributed by atoms with E-state index in [9.17, 15) is 17.6 Å². The van der Waals surface area contributed by atoms with Gasteiger partial charge in [0.05, 0.1) is 5.69 Å². The lowest BCUT2D eigenvalue weighted by Gasteiger charge is -2.10. The Hall–Kier alpha value is -2.15. The maximum atomic E-state index is 13.7. The van der Waals surface area contributed by atoms with Crippen LogP contribution in [0.5, 0.6) is 0 Å². The molecule has 3 N–H and O–H groups in total. The molecule has 7 heteroatoms. The Bertz CT molecular complexity index is 665. The molecule has 2 rings (SSSR count). The van der Waals surface area contributed by atoms with Gasteiger partial charge in [-0.1, -0.05) is 12.2 Å². The van der Waals surface area contributed by atoms with Crippen molar-refractivity contribution < 1.29 is 17.6 Å². The van der Waals surface area contributed by atoms with E-state index in [1.807, 2.05) is 0 Å². The van der Waals surface area contributed by atoms with Crippen LogP contribution in [0.4, 0.5) is 28.9 Å². The predicted octanol–water partition coefficient (Wildman–Crippen LogP) is 3.62. The van der Waals surface area contributed by atoms with Crippen molar-refractivity contribution in [3.8, 4) is 0 Å². The Kier molecular flexibility index (Phi) is 3.89. The smallest absolute Gasteiger partial charge is 0.152 e. The number of hydrogen-bond donors (Lipinski definition) is 2. The molecule has 0 aliphatic rings. The normalized spacial score (nSPS) is 10.4. The van der Waals surface area contributed by atoms with E-state index in [-0.39, 0.29) is 16.2 Å². The maximum Gasteiger partial charge on any atom is 0.152 e. The van der Waals surface area contributed by atoms with Crippen LogP contribution in [-0.2, 0) is 0 Å². The predicted molar refractivity (Wildman–Crippen MR) is 71.9 cm³/mol. The molecule has 104 valence electrons. The van der Waals surface area contributed by atoms with Gasteiger partial charge in [-0.3, -0.25) is 0 Å². The van der Waals surface area contributed by atoms with Gasteiger partial charge in [0.15, 0.2) is 11.6 Å². The van der Waals surface area contributed by atoms with E-state index < -0.39 is 29.0 Å². The van der Waals surface area contributed by atoms with Gasteiger partial charge in [-0.15, -0.1) is 0 Å². The highest BCUT2D eigenvalue weighted by atomic mass is 32.1. The summed E-state index contributed by atoms with van der Waals surface area (Å²) >= 11 is 4.68. The summed E-state index contributed by atoms with van der Waals surface area (Å²) in [7, 11) is 0. The van der Waals surface area contributed by atoms with Gasteiger partial charge in [0.1, 0.15) is 22.3 Å². The Morgan fingerprint density at radius 1 is 0.950 bits per heavy atom. The zero-order valence-electron chi connectivity index (χ0n) is 9.88. The molecule has 0 saturated heterocycles. The van der Waals surface area contributed by atoms with E-state index in [0.29, 0.717) is 12.1 Å². The molecule has 0 saturated carbocycles. The first-order valence-electron chi connectivity index (χ1n) is 5.39. The van der Waals surface area contributed by atoms with Crippen molar-refractivity contribution in [3.63, 3.8) is 0 Å². The average molecular weight is 300 g/mol. The van der Waals surface area contributed by atoms with Crippen LogP contribution in [0.25, 0.3) is 0 Å². The van der Waals surface area contributed by atoms with E-state index >= 15 is 0 Å². The lowest BCUT2D eigenvalue weighted by Crippen LogP contribution is -2.10. The molecule has 0 atom stereocenters. The maximum absolute atomic E-state index is 13.7. The van der Waals surface area contributed by atoms with Crippen LogP contribution < -0.4 is 11.1 Å². The fraction of sp³-hybridized carbons (Fsp3) is 0. The summed E-state index contributed by atoms with van der Waals surface area (Å²) in [6.07, 6.45) is 0. The summed E-state index contributed by atoms with van der Waals surface area (Å²) in [4.78, 5) is -0.00501. The molecule has 0 spiro atoms. The minimum absolute atomic E-state index is 0.00501. The van der Waals surface area contributed by atoms with Gasteiger partial charge in [0.2, 0.25) is 0 Å². The topological polar surface area (TPSA) is 38.0 Å². The van der Waals surface area contributed by atoms with Gasteiger partial charge in [-0.25, -0.2) is 17.6 Å². The molecule has 20 heavy (non-hydrogen) atoms. The molecule has 0 fully saturated rings. The molecule has 0 aromatic heterocycles. The quantitative estimate of drug-likeness (QED) is 0.671. The minimum atomic E-state index is -1.17. The molecule has 0 unspecified atom stereocenters. The van der Waals surface area contributed by atoms with E-state index in [1.165, 1.54) is 12.1 Å². The summed E-state index contributed by atoms with van der Waals surface area (Å²) in [6.45, 7) is 0. The molecule has 2 aromatic carbocycles. The molecule has 0 amide bonds. The fourth-order valence-corrected chi connectivity index (χ4v) is 1.69. The highest BCUT2D eigenvalue weighted by Crippen LogP contribution is 2.26. The van der Waals surface area contributed by atoms with Crippen LogP contribution in [0.3, 0.4) is 0 Å². The van der Waals surface area contributed by atoms with Crippen LogP contribution >= 0.6 is 12.2 Å². The molecule has 0 bridgehead atoms. The van der Waals surface area contributed by atoms with E-state index in [4.69, 9.17) is 5.73 Å². The molecule has 0 heterocycles. The van der Waals surface area contributed by atoms with Crippen molar-refractivity contribution in [2.24, 2.45) is 5.73 Å². The third-order valence-corrected chi connectivity index (χ3v) is 2.76. The van der Waals surface area contributed by atoms with Crippen molar-refractivity contribution in [1.82, 2.24) is 0 Å². The molecular weight excluding hydrogens is 292 g/mol. The third kappa shape index (κ3) is 2.88. The zero-order chi connectivity index (χ0) is 14.9. The van der Waals surface area contributed by atoms with Crippen molar-refractivity contribution in [2.45, 2.75) is 0 Å². The summed E-state index contributed by atoms with van der Waals surface area (Å²) < 4.78 is 53.4. The lowest BCUT2D eigenvalue weighted by molar-refractivity contribution is 0.548. The number of thiocarbonyl (C=S) groups is 1. The van der Waals surface area contributed by atoms with Crippen LogP contribution in [0, 0.1) is 23.3 Å². The van der Waals surface area contributed by atoms with Crippen molar-refractivity contribution >= 4 is 28.6 Å². The highest BCUT2D eigenvalue weighted by Gasteiger charge is 2.14. The van der Waals surface area contributed by atoms with Crippen molar-refractivity contribution in [2.75, 3.05) is 5.32 Å².